The summed E-state index contributed by atoms with van der Waals surface area (Å²) in [5, 5.41) is 2.26. The smallest absolute Gasteiger partial charge is 0.224 e. The van der Waals surface area contributed by atoms with Gasteiger partial charge in [-0.3, -0.25) is 0 Å². The Hall–Kier alpha value is -0.313. The summed E-state index contributed by atoms with van der Waals surface area (Å²) >= 11 is 6.07. The average molecular weight is 327 g/mol. The largest absolute Gasteiger partial charge is 0.412 e. The highest BCUT2D eigenvalue weighted by Crippen LogP contribution is 2.24. The molecule has 3 heteroatoms. The SMILES string of the molecule is CCCCO[Si](CCCC)(CCCC)c1ccc(Cl)cc1. The fourth-order valence-electron chi connectivity index (χ4n) is 2.73. The van der Waals surface area contributed by atoms with Gasteiger partial charge in [-0.25, -0.2) is 0 Å². The summed E-state index contributed by atoms with van der Waals surface area (Å²) in [6.45, 7) is 7.69. The van der Waals surface area contributed by atoms with Crippen molar-refractivity contribution in [1.29, 1.82) is 0 Å². The maximum absolute atomic E-state index is 6.60. The van der Waals surface area contributed by atoms with Gasteiger partial charge in [0.2, 0.25) is 8.32 Å². The van der Waals surface area contributed by atoms with Crippen molar-refractivity contribution in [3.63, 3.8) is 0 Å². The molecule has 0 bridgehead atoms. The molecule has 0 amide bonds. The third-order valence-corrected chi connectivity index (χ3v) is 8.83. The summed E-state index contributed by atoms with van der Waals surface area (Å²) < 4.78 is 6.60. The van der Waals surface area contributed by atoms with Crippen molar-refractivity contribution < 1.29 is 4.43 Å². The van der Waals surface area contributed by atoms with E-state index in [9.17, 15) is 0 Å². The maximum atomic E-state index is 6.60. The standard InChI is InChI=1S/C18H31ClOSi/c1-4-7-14-20-21(15-8-5-2,16-9-6-3)18-12-10-17(19)11-13-18/h10-13H,4-9,14-16H2,1-3H3. The first-order valence-electron chi connectivity index (χ1n) is 8.58. The topological polar surface area (TPSA) is 9.23 Å². The number of benzene rings is 1. The molecule has 0 aromatic heterocycles. The van der Waals surface area contributed by atoms with Gasteiger partial charge in [0, 0.05) is 11.6 Å². The first-order valence-corrected chi connectivity index (χ1v) is 11.3. The van der Waals surface area contributed by atoms with Gasteiger partial charge in [-0.05, 0) is 35.8 Å². The van der Waals surface area contributed by atoms with E-state index in [0.29, 0.717) is 0 Å². The summed E-state index contributed by atoms with van der Waals surface area (Å²) in [6, 6.07) is 11.0. The lowest BCUT2D eigenvalue weighted by Crippen LogP contribution is -2.50. The zero-order chi connectivity index (χ0) is 15.6. The number of unbranched alkanes of at least 4 members (excludes halogenated alkanes) is 3. The van der Waals surface area contributed by atoms with Gasteiger partial charge in [0.05, 0.1) is 0 Å². The third-order valence-electron chi connectivity index (χ3n) is 4.11. The highest BCUT2D eigenvalue weighted by molar-refractivity contribution is 6.86. The van der Waals surface area contributed by atoms with Crippen molar-refractivity contribution in [3.05, 3.63) is 29.3 Å². The van der Waals surface area contributed by atoms with Crippen molar-refractivity contribution >= 4 is 25.1 Å². The predicted octanol–water partition coefficient (Wildman–Crippen LogP) is 5.91. The fourth-order valence-corrected chi connectivity index (χ4v) is 7.30. The second-order valence-electron chi connectivity index (χ2n) is 5.91. The van der Waals surface area contributed by atoms with E-state index in [2.05, 4.69) is 32.9 Å². The van der Waals surface area contributed by atoms with E-state index in [-0.39, 0.29) is 0 Å². The number of hydrogen-bond donors (Lipinski definition) is 0. The van der Waals surface area contributed by atoms with Gasteiger partial charge in [-0.1, -0.05) is 76.6 Å². The van der Waals surface area contributed by atoms with Crippen molar-refractivity contribution in [2.45, 2.75) is 71.4 Å². The number of rotatable bonds is 11. The Morgan fingerprint density at radius 1 is 0.857 bits per heavy atom. The van der Waals surface area contributed by atoms with Crippen LogP contribution >= 0.6 is 11.6 Å². The molecule has 0 N–H and O–H groups in total. The fraction of sp³-hybridized carbons (Fsp3) is 0.667. The molecule has 1 aromatic rings. The van der Waals surface area contributed by atoms with Crippen LogP contribution < -0.4 is 5.19 Å². The van der Waals surface area contributed by atoms with Gasteiger partial charge in [0.15, 0.2) is 0 Å². The maximum Gasteiger partial charge on any atom is 0.224 e. The second-order valence-corrected chi connectivity index (χ2v) is 10.2. The molecule has 120 valence electrons. The summed E-state index contributed by atoms with van der Waals surface area (Å²) in [4.78, 5) is 0. The highest BCUT2D eigenvalue weighted by atomic mass is 35.5. The summed E-state index contributed by atoms with van der Waals surface area (Å²) in [6.07, 6.45) is 7.39. The van der Waals surface area contributed by atoms with Crippen molar-refractivity contribution in [1.82, 2.24) is 0 Å². The van der Waals surface area contributed by atoms with Crippen LogP contribution in [-0.4, -0.2) is 14.9 Å². The Kier molecular flexibility index (Phi) is 9.30. The molecule has 0 saturated heterocycles. The van der Waals surface area contributed by atoms with E-state index in [1.807, 2.05) is 12.1 Å². The van der Waals surface area contributed by atoms with Crippen LogP contribution in [0.1, 0.15) is 59.3 Å². The van der Waals surface area contributed by atoms with E-state index in [1.54, 1.807) is 0 Å². The van der Waals surface area contributed by atoms with Crippen molar-refractivity contribution in [3.8, 4) is 0 Å². The van der Waals surface area contributed by atoms with Gasteiger partial charge < -0.3 is 4.43 Å². The molecule has 0 fully saturated rings. The van der Waals surface area contributed by atoms with E-state index in [4.69, 9.17) is 16.0 Å². The zero-order valence-corrected chi connectivity index (χ0v) is 15.7. The highest BCUT2D eigenvalue weighted by Gasteiger charge is 2.35. The Morgan fingerprint density at radius 2 is 1.38 bits per heavy atom. The number of halogens is 1. The molecule has 1 aromatic carbocycles. The number of hydrogen-bond acceptors (Lipinski definition) is 1. The Morgan fingerprint density at radius 3 is 1.86 bits per heavy atom. The minimum atomic E-state index is -1.83. The van der Waals surface area contributed by atoms with Gasteiger partial charge >= 0.3 is 0 Å². The first kappa shape index (κ1) is 18.7. The van der Waals surface area contributed by atoms with Crippen LogP contribution in [0.5, 0.6) is 0 Å². The van der Waals surface area contributed by atoms with E-state index in [0.717, 1.165) is 11.6 Å². The minimum absolute atomic E-state index is 0.821. The molecule has 1 rings (SSSR count). The zero-order valence-electron chi connectivity index (χ0n) is 14.0. The molecule has 0 unspecified atom stereocenters. The van der Waals surface area contributed by atoms with Gasteiger partial charge in [-0.15, -0.1) is 0 Å². The predicted molar refractivity (Wildman–Crippen MR) is 97.1 cm³/mol. The summed E-state index contributed by atoms with van der Waals surface area (Å²) in [7, 11) is -1.83. The van der Waals surface area contributed by atoms with Crippen LogP contribution in [0.15, 0.2) is 24.3 Å². The molecule has 0 radical (unpaired) electrons. The monoisotopic (exact) mass is 326 g/mol. The Bertz CT molecular complexity index is 369. The Labute approximate surface area is 137 Å². The molecule has 0 spiro atoms. The van der Waals surface area contributed by atoms with Crippen LogP contribution in [0.4, 0.5) is 0 Å². The van der Waals surface area contributed by atoms with Gasteiger partial charge in [-0.2, -0.15) is 0 Å². The molecule has 0 heterocycles. The molecule has 0 aliphatic carbocycles. The Balaban J connectivity index is 2.97. The minimum Gasteiger partial charge on any atom is -0.412 e. The molecular weight excluding hydrogens is 296 g/mol. The lowest BCUT2D eigenvalue weighted by Gasteiger charge is -2.32. The van der Waals surface area contributed by atoms with Crippen molar-refractivity contribution in [2.24, 2.45) is 0 Å². The second kappa shape index (κ2) is 10.4. The van der Waals surface area contributed by atoms with Crippen LogP contribution in [-0.2, 0) is 4.43 Å². The molecule has 0 aliphatic heterocycles. The molecule has 0 aliphatic rings. The normalized spacial score (nSPS) is 11.8. The van der Waals surface area contributed by atoms with E-state index >= 15 is 0 Å². The van der Waals surface area contributed by atoms with E-state index < -0.39 is 8.32 Å². The molecule has 1 nitrogen and oxygen atoms in total. The van der Waals surface area contributed by atoms with Crippen LogP contribution in [0, 0.1) is 0 Å². The van der Waals surface area contributed by atoms with Crippen LogP contribution in [0.25, 0.3) is 0 Å². The lowest BCUT2D eigenvalue weighted by molar-refractivity contribution is 0.296. The van der Waals surface area contributed by atoms with Crippen molar-refractivity contribution in [2.75, 3.05) is 6.61 Å². The molecule has 21 heavy (non-hydrogen) atoms. The van der Waals surface area contributed by atoms with Gasteiger partial charge in [0.1, 0.15) is 0 Å². The molecule has 0 saturated carbocycles. The van der Waals surface area contributed by atoms with Crippen LogP contribution in [0.3, 0.4) is 0 Å². The summed E-state index contributed by atoms with van der Waals surface area (Å²) in [5.41, 5.74) is 0. The quantitative estimate of drug-likeness (QED) is 0.363. The van der Waals surface area contributed by atoms with E-state index in [1.165, 1.54) is 55.8 Å². The first-order chi connectivity index (χ1) is 10.2. The third kappa shape index (κ3) is 6.13. The van der Waals surface area contributed by atoms with Gasteiger partial charge in [0.25, 0.3) is 0 Å². The summed E-state index contributed by atoms with van der Waals surface area (Å²) in [5.74, 6) is 0. The molecular formula is C18H31ClOSi. The lowest BCUT2D eigenvalue weighted by atomic mass is 10.4. The molecule has 0 atom stereocenters. The van der Waals surface area contributed by atoms with Crippen LogP contribution in [0.2, 0.25) is 17.1 Å². The average Bonchev–Trinajstić information content (AvgIpc) is 2.51.